The van der Waals surface area contributed by atoms with Crippen LogP contribution in [-0.2, 0) is 6.54 Å². The lowest BCUT2D eigenvalue weighted by Crippen LogP contribution is -2.26. The Morgan fingerprint density at radius 1 is 1.24 bits per heavy atom. The van der Waals surface area contributed by atoms with Gasteiger partial charge in [0.2, 0.25) is 0 Å². The first-order valence-corrected chi connectivity index (χ1v) is 6.82. The maximum Gasteiger partial charge on any atom is 0.271 e. The summed E-state index contributed by atoms with van der Waals surface area (Å²) in [4.78, 5) is 19.9. The fourth-order valence-corrected chi connectivity index (χ4v) is 1.85. The molecule has 0 saturated heterocycles. The second kappa shape index (κ2) is 5.87. The van der Waals surface area contributed by atoms with Crippen molar-refractivity contribution in [1.82, 2.24) is 15.3 Å². The van der Waals surface area contributed by atoms with Gasteiger partial charge in [0, 0.05) is 18.2 Å². The Labute approximate surface area is 121 Å². The summed E-state index contributed by atoms with van der Waals surface area (Å²) in [5.41, 5.74) is 0.841. The van der Waals surface area contributed by atoms with E-state index in [1.807, 2.05) is 0 Å². The number of hydrogen-bond acceptors (Lipinski definition) is 4. The van der Waals surface area contributed by atoms with Crippen LogP contribution in [0.3, 0.4) is 0 Å². The zero-order chi connectivity index (χ0) is 14.7. The van der Waals surface area contributed by atoms with Gasteiger partial charge in [-0.2, -0.15) is 0 Å². The first-order valence-electron chi connectivity index (χ1n) is 6.82. The molecule has 1 fully saturated rings. The molecule has 0 atom stereocenters. The highest BCUT2D eigenvalue weighted by molar-refractivity contribution is 5.92. The summed E-state index contributed by atoms with van der Waals surface area (Å²) >= 11 is 0. The van der Waals surface area contributed by atoms with Gasteiger partial charge < -0.3 is 10.6 Å². The van der Waals surface area contributed by atoms with Gasteiger partial charge in [0.15, 0.2) is 0 Å². The van der Waals surface area contributed by atoms with Crippen LogP contribution in [0.15, 0.2) is 36.7 Å². The fourth-order valence-electron chi connectivity index (χ4n) is 1.85. The standard InChI is InChI=1S/C15H15FN4O/c16-12-4-2-1-3-10(12)7-18-14-9-17-13(8-19-14)15(21)20-11-5-6-11/h1-4,8-9,11H,5-7H2,(H,18,19)(H,20,21). The number of hydrogen-bond donors (Lipinski definition) is 2. The summed E-state index contributed by atoms with van der Waals surface area (Å²) in [5.74, 6) is 0.0327. The van der Waals surface area contributed by atoms with Gasteiger partial charge in [-0.05, 0) is 18.9 Å². The third-order valence-corrected chi connectivity index (χ3v) is 3.21. The molecule has 1 amide bonds. The predicted octanol–water partition coefficient (Wildman–Crippen LogP) is 2.12. The zero-order valence-electron chi connectivity index (χ0n) is 11.3. The minimum atomic E-state index is -0.265. The van der Waals surface area contributed by atoms with Crippen molar-refractivity contribution in [2.75, 3.05) is 5.32 Å². The van der Waals surface area contributed by atoms with Gasteiger partial charge in [-0.3, -0.25) is 4.79 Å². The molecule has 21 heavy (non-hydrogen) atoms. The molecular formula is C15H15FN4O. The molecule has 1 aliphatic rings. The molecule has 1 saturated carbocycles. The first-order chi connectivity index (χ1) is 10.2. The molecule has 108 valence electrons. The van der Waals surface area contributed by atoms with E-state index in [9.17, 15) is 9.18 Å². The number of nitrogens with one attached hydrogen (secondary N) is 2. The third-order valence-electron chi connectivity index (χ3n) is 3.21. The normalized spacial score (nSPS) is 13.8. The van der Waals surface area contributed by atoms with Gasteiger partial charge in [0.25, 0.3) is 5.91 Å². The Kier molecular flexibility index (Phi) is 3.77. The van der Waals surface area contributed by atoms with Gasteiger partial charge in [-0.25, -0.2) is 14.4 Å². The summed E-state index contributed by atoms with van der Waals surface area (Å²) in [5, 5.41) is 5.82. The van der Waals surface area contributed by atoms with Gasteiger partial charge in [-0.1, -0.05) is 18.2 Å². The quantitative estimate of drug-likeness (QED) is 0.883. The van der Waals surface area contributed by atoms with Crippen molar-refractivity contribution in [2.24, 2.45) is 0 Å². The monoisotopic (exact) mass is 286 g/mol. The van der Waals surface area contributed by atoms with Crippen LogP contribution in [0.1, 0.15) is 28.9 Å². The summed E-state index contributed by atoms with van der Waals surface area (Å²) in [7, 11) is 0. The lowest BCUT2D eigenvalue weighted by Gasteiger charge is -2.07. The smallest absolute Gasteiger partial charge is 0.271 e. The van der Waals surface area contributed by atoms with E-state index in [1.165, 1.54) is 18.5 Å². The maximum atomic E-state index is 13.5. The Balaban J connectivity index is 1.59. The summed E-state index contributed by atoms with van der Waals surface area (Å²) < 4.78 is 13.5. The van der Waals surface area contributed by atoms with Crippen molar-refractivity contribution >= 4 is 11.7 Å². The van der Waals surface area contributed by atoms with Crippen molar-refractivity contribution in [3.63, 3.8) is 0 Å². The molecule has 1 aromatic carbocycles. The van der Waals surface area contributed by atoms with E-state index in [-0.39, 0.29) is 17.8 Å². The second-order valence-corrected chi connectivity index (χ2v) is 4.98. The summed E-state index contributed by atoms with van der Waals surface area (Å²) in [6.45, 7) is 0.314. The highest BCUT2D eigenvalue weighted by Gasteiger charge is 2.24. The molecule has 5 nitrogen and oxygen atoms in total. The second-order valence-electron chi connectivity index (χ2n) is 4.98. The highest BCUT2D eigenvalue weighted by Crippen LogP contribution is 2.19. The molecular weight excluding hydrogens is 271 g/mol. The number of carbonyl (C=O) groups is 1. The van der Waals surface area contributed by atoms with Gasteiger partial charge in [-0.15, -0.1) is 0 Å². The molecule has 0 unspecified atom stereocenters. The molecule has 1 aliphatic carbocycles. The van der Waals surface area contributed by atoms with Crippen molar-refractivity contribution in [3.8, 4) is 0 Å². The highest BCUT2D eigenvalue weighted by atomic mass is 19.1. The molecule has 2 aromatic rings. The number of rotatable bonds is 5. The zero-order valence-corrected chi connectivity index (χ0v) is 11.3. The number of benzene rings is 1. The Morgan fingerprint density at radius 2 is 2.05 bits per heavy atom. The van der Waals surface area contributed by atoms with Crippen LogP contribution in [0, 0.1) is 5.82 Å². The van der Waals surface area contributed by atoms with E-state index in [2.05, 4.69) is 20.6 Å². The molecule has 6 heteroatoms. The van der Waals surface area contributed by atoms with Crippen LogP contribution in [0.4, 0.5) is 10.2 Å². The largest absolute Gasteiger partial charge is 0.365 e. The van der Waals surface area contributed by atoms with E-state index in [0.29, 0.717) is 23.6 Å². The van der Waals surface area contributed by atoms with Crippen LogP contribution in [0.25, 0.3) is 0 Å². The summed E-state index contributed by atoms with van der Waals surface area (Å²) in [6, 6.07) is 6.82. The lowest BCUT2D eigenvalue weighted by atomic mass is 10.2. The Morgan fingerprint density at radius 3 is 2.71 bits per heavy atom. The molecule has 2 N–H and O–H groups in total. The van der Waals surface area contributed by atoms with Gasteiger partial charge >= 0.3 is 0 Å². The molecule has 0 spiro atoms. The molecule has 0 radical (unpaired) electrons. The van der Waals surface area contributed by atoms with Crippen LogP contribution in [-0.4, -0.2) is 21.9 Å². The van der Waals surface area contributed by atoms with Crippen molar-refractivity contribution in [3.05, 3.63) is 53.7 Å². The van der Waals surface area contributed by atoms with Crippen LogP contribution < -0.4 is 10.6 Å². The molecule has 3 rings (SSSR count). The predicted molar refractivity (Wildman–Crippen MR) is 76.2 cm³/mol. The number of nitrogens with zero attached hydrogens (tertiary/aromatic N) is 2. The Bertz CT molecular complexity index is 640. The van der Waals surface area contributed by atoms with Gasteiger partial charge in [0.1, 0.15) is 17.3 Å². The minimum Gasteiger partial charge on any atom is -0.365 e. The van der Waals surface area contributed by atoms with E-state index >= 15 is 0 Å². The third kappa shape index (κ3) is 3.53. The number of carbonyl (C=O) groups excluding carboxylic acids is 1. The first kappa shape index (κ1) is 13.5. The van der Waals surface area contributed by atoms with Crippen molar-refractivity contribution in [2.45, 2.75) is 25.4 Å². The SMILES string of the molecule is O=C(NC1CC1)c1cnc(NCc2ccccc2F)cn1. The molecule has 0 aliphatic heterocycles. The van der Waals surface area contributed by atoms with E-state index in [1.54, 1.807) is 18.2 Å². The average molecular weight is 286 g/mol. The summed E-state index contributed by atoms with van der Waals surface area (Å²) in [6.07, 6.45) is 4.95. The van der Waals surface area contributed by atoms with E-state index in [0.717, 1.165) is 12.8 Å². The van der Waals surface area contributed by atoms with E-state index < -0.39 is 0 Å². The number of aromatic nitrogens is 2. The average Bonchev–Trinajstić information content (AvgIpc) is 3.31. The Hall–Kier alpha value is -2.50. The van der Waals surface area contributed by atoms with Crippen molar-refractivity contribution < 1.29 is 9.18 Å². The van der Waals surface area contributed by atoms with Crippen molar-refractivity contribution in [1.29, 1.82) is 0 Å². The van der Waals surface area contributed by atoms with Crippen LogP contribution in [0.5, 0.6) is 0 Å². The molecule has 1 aromatic heterocycles. The van der Waals surface area contributed by atoms with E-state index in [4.69, 9.17) is 0 Å². The number of halogens is 1. The lowest BCUT2D eigenvalue weighted by molar-refractivity contribution is 0.0945. The molecule has 0 bridgehead atoms. The minimum absolute atomic E-state index is 0.203. The van der Waals surface area contributed by atoms with Crippen LogP contribution in [0.2, 0.25) is 0 Å². The topological polar surface area (TPSA) is 66.9 Å². The fraction of sp³-hybridized carbons (Fsp3) is 0.267. The number of anilines is 1. The van der Waals surface area contributed by atoms with Gasteiger partial charge in [0.05, 0.1) is 12.4 Å². The molecule has 1 heterocycles. The number of amides is 1. The van der Waals surface area contributed by atoms with Crippen LogP contribution >= 0.6 is 0 Å². The maximum absolute atomic E-state index is 13.5.